The zero-order valence-corrected chi connectivity index (χ0v) is 16.0. The lowest BCUT2D eigenvalue weighted by Gasteiger charge is -2.06. The van der Waals surface area contributed by atoms with Crippen LogP contribution in [0.3, 0.4) is 0 Å². The number of benzene rings is 2. The molecular weight excluding hydrogens is 392 g/mol. The van der Waals surface area contributed by atoms with Gasteiger partial charge in [-0.15, -0.1) is 0 Å². The second kappa shape index (κ2) is 8.46. The van der Waals surface area contributed by atoms with Crippen molar-refractivity contribution in [2.75, 3.05) is 5.32 Å². The van der Waals surface area contributed by atoms with Crippen LogP contribution in [0.5, 0.6) is 0 Å². The summed E-state index contributed by atoms with van der Waals surface area (Å²) < 4.78 is 5.67. The van der Waals surface area contributed by atoms with Crippen LogP contribution in [-0.2, 0) is 4.79 Å². The lowest BCUT2D eigenvalue weighted by Crippen LogP contribution is -2.14. The van der Waals surface area contributed by atoms with Crippen molar-refractivity contribution in [2.45, 2.75) is 6.92 Å². The molecular formula is C22H15ClN2O4. The molecule has 0 aliphatic carbocycles. The van der Waals surface area contributed by atoms with Crippen molar-refractivity contribution < 1.29 is 19.1 Å². The Balaban J connectivity index is 1.83. The average molecular weight is 407 g/mol. The number of hydrogen-bond donors (Lipinski definition) is 2. The minimum atomic E-state index is -1.12. The van der Waals surface area contributed by atoms with E-state index < -0.39 is 11.9 Å². The van der Waals surface area contributed by atoms with Gasteiger partial charge in [0.05, 0.1) is 10.6 Å². The van der Waals surface area contributed by atoms with E-state index in [-0.39, 0.29) is 16.2 Å². The summed E-state index contributed by atoms with van der Waals surface area (Å²) in [5.41, 5.74) is 1.93. The number of rotatable bonds is 5. The van der Waals surface area contributed by atoms with E-state index >= 15 is 0 Å². The molecule has 29 heavy (non-hydrogen) atoms. The number of halogens is 1. The van der Waals surface area contributed by atoms with E-state index in [0.717, 1.165) is 5.56 Å². The standard InChI is InChI=1S/C22H15ClN2O4/c1-13-4-2-3-5-19(13)25-21(26)15(12-24)10-16-7-9-20(29-16)14-6-8-17(22(27)28)18(23)11-14/h2-11H,1H3,(H,25,26)(H,27,28). The van der Waals surface area contributed by atoms with Crippen LogP contribution in [0.15, 0.2) is 64.6 Å². The number of nitrogens with zero attached hydrogens (tertiary/aromatic N) is 1. The summed E-state index contributed by atoms with van der Waals surface area (Å²) in [5, 5.41) is 21.2. The van der Waals surface area contributed by atoms with Gasteiger partial charge in [-0.1, -0.05) is 35.9 Å². The van der Waals surface area contributed by atoms with E-state index in [2.05, 4.69) is 5.32 Å². The number of carboxylic acids is 1. The van der Waals surface area contributed by atoms with Crippen LogP contribution in [0.2, 0.25) is 5.02 Å². The van der Waals surface area contributed by atoms with Crippen LogP contribution in [0, 0.1) is 18.3 Å². The molecule has 1 aromatic heterocycles. The van der Waals surface area contributed by atoms with E-state index in [9.17, 15) is 14.9 Å². The molecule has 0 aliphatic heterocycles. The van der Waals surface area contributed by atoms with Gasteiger partial charge < -0.3 is 14.8 Å². The Bertz CT molecular complexity index is 1170. The predicted molar refractivity (Wildman–Crippen MR) is 110 cm³/mol. The van der Waals surface area contributed by atoms with E-state index in [1.54, 1.807) is 30.3 Å². The third-order valence-electron chi connectivity index (χ3n) is 4.16. The number of amides is 1. The highest BCUT2D eigenvalue weighted by atomic mass is 35.5. The van der Waals surface area contributed by atoms with Gasteiger partial charge in [0.2, 0.25) is 0 Å². The SMILES string of the molecule is Cc1ccccc1NC(=O)C(C#N)=Cc1ccc(-c2ccc(C(=O)O)c(Cl)c2)o1. The van der Waals surface area contributed by atoms with Gasteiger partial charge in [-0.05, 0) is 42.8 Å². The molecule has 0 fully saturated rings. The number of hydrogen-bond acceptors (Lipinski definition) is 4. The second-order valence-electron chi connectivity index (χ2n) is 6.14. The van der Waals surface area contributed by atoms with Gasteiger partial charge in [0, 0.05) is 17.3 Å². The number of carbonyl (C=O) groups is 2. The summed E-state index contributed by atoms with van der Waals surface area (Å²) in [5.74, 6) is -0.946. The van der Waals surface area contributed by atoms with Crippen molar-refractivity contribution >= 4 is 35.2 Å². The number of carbonyl (C=O) groups excluding carboxylic acids is 1. The van der Waals surface area contributed by atoms with Crippen molar-refractivity contribution in [2.24, 2.45) is 0 Å². The maximum Gasteiger partial charge on any atom is 0.337 e. The lowest BCUT2D eigenvalue weighted by atomic mass is 10.1. The topological polar surface area (TPSA) is 103 Å². The van der Waals surface area contributed by atoms with Crippen LogP contribution >= 0.6 is 11.6 Å². The Morgan fingerprint density at radius 2 is 1.93 bits per heavy atom. The molecule has 1 heterocycles. The van der Waals surface area contributed by atoms with Crippen LogP contribution < -0.4 is 5.32 Å². The smallest absolute Gasteiger partial charge is 0.337 e. The lowest BCUT2D eigenvalue weighted by molar-refractivity contribution is -0.112. The molecule has 0 saturated heterocycles. The molecule has 3 rings (SSSR count). The molecule has 0 atom stereocenters. The molecule has 0 unspecified atom stereocenters. The molecule has 2 aromatic carbocycles. The first kappa shape index (κ1) is 19.9. The van der Waals surface area contributed by atoms with Crippen molar-refractivity contribution in [3.05, 3.63) is 82.1 Å². The number of para-hydroxylation sites is 1. The van der Waals surface area contributed by atoms with Crippen LogP contribution in [-0.4, -0.2) is 17.0 Å². The Kier molecular flexibility index (Phi) is 5.82. The highest BCUT2D eigenvalue weighted by Crippen LogP contribution is 2.28. The quantitative estimate of drug-likeness (QED) is 0.450. The molecule has 0 bridgehead atoms. The van der Waals surface area contributed by atoms with Crippen molar-refractivity contribution in [1.82, 2.24) is 0 Å². The summed E-state index contributed by atoms with van der Waals surface area (Å²) >= 11 is 5.99. The van der Waals surface area contributed by atoms with E-state index in [0.29, 0.717) is 22.8 Å². The van der Waals surface area contributed by atoms with Gasteiger partial charge in [-0.2, -0.15) is 5.26 Å². The number of aryl methyl sites for hydroxylation is 1. The first-order valence-electron chi connectivity index (χ1n) is 8.51. The fraction of sp³-hybridized carbons (Fsp3) is 0.0455. The molecule has 144 valence electrons. The van der Waals surface area contributed by atoms with Crippen LogP contribution in [0.4, 0.5) is 5.69 Å². The molecule has 6 nitrogen and oxygen atoms in total. The van der Waals surface area contributed by atoms with Gasteiger partial charge in [0.25, 0.3) is 5.91 Å². The monoisotopic (exact) mass is 406 g/mol. The van der Waals surface area contributed by atoms with Gasteiger partial charge in [0.15, 0.2) is 0 Å². The molecule has 0 spiro atoms. The largest absolute Gasteiger partial charge is 0.478 e. The number of anilines is 1. The van der Waals surface area contributed by atoms with Crippen LogP contribution in [0.1, 0.15) is 21.7 Å². The average Bonchev–Trinajstić information content (AvgIpc) is 3.16. The third kappa shape index (κ3) is 4.54. The van der Waals surface area contributed by atoms with Crippen LogP contribution in [0.25, 0.3) is 17.4 Å². The number of carboxylic acid groups (broad SMARTS) is 1. The molecule has 3 aromatic rings. The zero-order chi connectivity index (χ0) is 21.0. The Morgan fingerprint density at radius 3 is 2.59 bits per heavy atom. The summed E-state index contributed by atoms with van der Waals surface area (Å²) in [6.45, 7) is 1.85. The summed E-state index contributed by atoms with van der Waals surface area (Å²) in [7, 11) is 0. The summed E-state index contributed by atoms with van der Waals surface area (Å²) in [4.78, 5) is 23.5. The minimum absolute atomic E-state index is 0.0123. The van der Waals surface area contributed by atoms with Gasteiger partial charge in [0.1, 0.15) is 23.2 Å². The number of furan rings is 1. The summed E-state index contributed by atoms with van der Waals surface area (Å²) in [6.07, 6.45) is 1.34. The van der Waals surface area contributed by atoms with Crippen molar-refractivity contribution in [3.8, 4) is 17.4 Å². The maximum atomic E-state index is 12.4. The fourth-order valence-electron chi connectivity index (χ4n) is 2.62. The third-order valence-corrected chi connectivity index (χ3v) is 4.47. The van der Waals surface area contributed by atoms with Crippen molar-refractivity contribution in [3.63, 3.8) is 0 Å². The van der Waals surface area contributed by atoms with Crippen molar-refractivity contribution in [1.29, 1.82) is 5.26 Å². The predicted octanol–water partition coefficient (Wildman–Crippen LogP) is 5.15. The zero-order valence-electron chi connectivity index (χ0n) is 15.3. The number of aromatic carboxylic acids is 1. The van der Waals surface area contributed by atoms with Gasteiger partial charge >= 0.3 is 5.97 Å². The fourth-order valence-corrected chi connectivity index (χ4v) is 2.88. The Hall–Kier alpha value is -3.82. The number of nitriles is 1. The van der Waals surface area contributed by atoms with E-state index in [4.69, 9.17) is 21.1 Å². The van der Waals surface area contributed by atoms with E-state index in [1.807, 2.05) is 25.1 Å². The first-order chi connectivity index (χ1) is 13.9. The molecule has 0 radical (unpaired) electrons. The maximum absolute atomic E-state index is 12.4. The normalized spacial score (nSPS) is 11.0. The summed E-state index contributed by atoms with van der Waals surface area (Å²) in [6, 6.07) is 16.8. The highest BCUT2D eigenvalue weighted by Gasteiger charge is 2.14. The highest BCUT2D eigenvalue weighted by molar-refractivity contribution is 6.33. The van der Waals surface area contributed by atoms with Gasteiger partial charge in [-0.25, -0.2) is 4.79 Å². The molecule has 0 saturated carbocycles. The minimum Gasteiger partial charge on any atom is -0.478 e. The Labute approximate surface area is 171 Å². The molecule has 0 aliphatic rings. The first-order valence-corrected chi connectivity index (χ1v) is 8.88. The molecule has 2 N–H and O–H groups in total. The molecule has 7 heteroatoms. The Morgan fingerprint density at radius 1 is 1.17 bits per heavy atom. The second-order valence-corrected chi connectivity index (χ2v) is 6.55. The van der Waals surface area contributed by atoms with E-state index in [1.165, 1.54) is 18.2 Å². The number of nitrogens with one attached hydrogen (secondary N) is 1. The molecule has 1 amide bonds. The van der Waals surface area contributed by atoms with Gasteiger partial charge in [-0.3, -0.25) is 4.79 Å².